The van der Waals surface area contributed by atoms with Crippen molar-refractivity contribution >= 4 is 12.2 Å². The molecule has 140 valence electrons. The SMILES string of the molecule is C#CCN(C(=O)OC(C)(C)C)C1CCc2ccc(OC(=O)NCC)cc21. The number of hydrogen-bond acceptors (Lipinski definition) is 4. The second kappa shape index (κ2) is 8.13. The molecule has 6 nitrogen and oxygen atoms in total. The Labute approximate surface area is 154 Å². The monoisotopic (exact) mass is 358 g/mol. The van der Waals surface area contributed by atoms with Gasteiger partial charge in [-0.25, -0.2) is 9.59 Å². The number of fused-ring (bicyclic) bond motifs is 1. The third-order valence-corrected chi connectivity index (χ3v) is 3.96. The topological polar surface area (TPSA) is 67.9 Å². The third-order valence-electron chi connectivity index (χ3n) is 3.96. The number of hydrogen-bond donors (Lipinski definition) is 1. The zero-order valence-electron chi connectivity index (χ0n) is 15.8. The van der Waals surface area contributed by atoms with Crippen molar-refractivity contribution < 1.29 is 19.1 Å². The number of aryl methyl sites for hydroxylation is 1. The second-order valence-electron chi connectivity index (χ2n) is 7.15. The highest BCUT2D eigenvalue weighted by molar-refractivity contribution is 5.71. The predicted octanol–water partition coefficient (Wildman–Crippen LogP) is 3.65. The van der Waals surface area contributed by atoms with Gasteiger partial charge in [0, 0.05) is 6.54 Å². The van der Waals surface area contributed by atoms with Crippen molar-refractivity contribution in [2.75, 3.05) is 13.1 Å². The number of terminal acetylenes is 1. The Balaban J connectivity index is 2.25. The molecule has 0 saturated carbocycles. The Hall–Kier alpha value is -2.68. The van der Waals surface area contributed by atoms with Crippen LogP contribution in [0.3, 0.4) is 0 Å². The van der Waals surface area contributed by atoms with Crippen molar-refractivity contribution in [3.63, 3.8) is 0 Å². The van der Waals surface area contributed by atoms with Crippen LogP contribution in [0.4, 0.5) is 9.59 Å². The average Bonchev–Trinajstić information content (AvgIpc) is 2.94. The molecule has 1 N–H and O–H groups in total. The molecule has 0 saturated heterocycles. The normalized spacial score (nSPS) is 15.6. The van der Waals surface area contributed by atoms with Crippen LogP contribution in [0.25, 0.3) is 0 Å². The zero-order valence-corrected chi connectivity index (χ0v) is 15.8. The Bertz CT molecular complexity index is 716. The van der Waals surface area contributed by atoms with Crippen LogP contribution in [0.1, 0.15) is 51.3 Å². The van der Waals surface area contributed by atoms with Gasteiger partial charge >= 0.3 is 12.2 Å². The summed E-state index contributed by atoms with van der Waals surface area (Å²) in [6.07, 6.45) is 6.10. The summed E-state index contributed by atoms with van der Waals surface area (Å²) in [5.41, 5.74) is 1.45. The Morgan fingerprint density at radius 2 is 2.12 bits per heavy atom. The van der Waals surface area contributed by atoms with Crippen molar-refractivity contribution in [1.29, 1.82) is 0 Å². The second-order valence-corrected chi connectivity index (χ2v) is 7.15. The van der Waals surface area contributed by atoms with Crippen LogP contribution in [0.15, 0.2) is 18.2 Å². The maximum Gasteiger partial charge on any atom is 0.412 e. The van der Waals surface area contributed by atoms with Gasteiger partial charge in [-0.2, -0.15) is 0 Å². The number of ether oxygens (including phenoxy) is 2. The van der Waals surface area contributed by atoms with Crippen molar-refractivity contribution in [3.05, 3.63) is 29.3 Å². The van der Waals surface area contributed by atoms with Gasteiger partial charge in [0.25, 0.3) is 0 Å². The standard InChI is InChI=1S/C20H26N2O4/c1-6-12-22(19(24)26-20(3,4)5)17-11-9-14-8-10-15(13-16(14)17)25-18(23)21-7-2/h1,8,10,13,17H,7,9,11-12H2,2-5H3,(H,21,23). The molecule has 1 unspecified atom stereocenters. The van der Waals surface area contributed by atoms with Gasteiger partial charge in [0.15, 0.2) is 0 Å². The highest BCUT2D eigenvalue weighted by atomic mass is 16.6. The van der Waals surface area contributed by atoms with E-state index in [2.05, 4.69) is 11.2 Å². The molecule has 26 heavy (non-hydrogen) atoms. The fourth-order valence-corrected chi connectivity index (χ4v) is 2.95. The van der Waals surface area contributed by atoms with Crippen LogP contribution in [0.2, 0.25) is 0 Å². The first kappa shape index (κ1) is 19.6. The van der Waals surface area contributed by atoms with Crippen LogP contribution in [-0.4, -0.2) is 35.8 Å². The first-order chi connectivity index (χ1) is 12.2. The molecule has 0 fully saturated rings. The van der Waals surface area contributed by atoms with Crippen LogP contribution in [0, 0.1) is 12.3 Å². The molecular weight excluding hydrogens is 332 g/mol. The van der Waals surface area contributed by atoms with E-state index in [1.807, 2.05) is 33.8 Å². The van der Waals surface area contributed by atoms with Crippen LogP contribution in [0.5, 0.6) is 5.75 Å². The quantitative estimate of drug-likeness (QED) is 0.834. The average molecular weight is 358 g/mol. The van der Waals surface area contributed by atoms with Gasteiger partial charge in [-0.3, -0.25) is 4.90 Å². The molecule has 6 heteroatoms. The number of nitrogens with one attached hydrogen (secondary N) is 1. The molecule has 0 heterocycles. The molecular formula is C20H26N2O4. The zero-order chi connectivity index (χ0) is 19.3. The lowest BCUT2D eigenvalue weighted by Crippen LogP contribution is -2.39. The van der Waals surface area contributed by atoms with Gasteiger partial charge < -0.3 is 14.8 Å². The summed E-state index contributed by atoms with van der Waals surface area (Å²) in [5, 5.41) is 2.59. The first-order valence-corrected chi connectivity index (χ1v) is 8.76. The van der Waals surface area contributed by atoms with Gasteiger partial charge in [-0.15, -0.1) is 6.42 Å². The van der Waals surface area contributed by atoms with E-state index in [1.165, 1.54) is 0 Å². The molecule has 1 aromatic carbocycles. The van der Waals surface area contributed by atoms with Gasteiger partial charge in [0.2, 0.25) is 0 Å². The van der Waals surface area contributed by atoms with Crippen LogP contribution < -0.4 is 10.1 Å². The molecule has 0 spiro atoms. The molecule has 1 aromatic rings. The molecule has 0 radical (unpaired) electrons. The van der Waals surface area contributed by atoms with E-state index in [4.69, 9.17) is 15.9 Å². The van der Waals surface area contributed by atoms with Crippen molar-refractivity contribution in [2.45, 2.75) is 52.2 Å². The van der Waals surface area contributed by atoms with Gasteiger partial charge in [0.1, 0.15) is 11.4 Å². The summed E-state index contributed by atoms with van der Waals surface area (Å²) in [7, 11) is 0. The maximum atomic E-state index is 12.6. The number of nitrogens with zero attached hydrogens (tertiary/aromatic N) is 1. The summed E-state index contributed by atoms with van der Waals surface area (Å²) in [6, 6.07) is 5.28. The summed E-state index contributed by atoms with van der Waals surface area (Å²) in [6.45, 7) is 7.92. The van der Waals surface area contributed by atoms with E-state index >= 15 is 0 Å². The summed E-state index contributed by atoms with van der Waals surface area (Å²) in [5.74, 6) is 2.97. The van der Waals surface area contributed by atoms with Crippen LogP contribution >= 0.6 is 0 Å². The van der Waals surface area contributed by atoms with E-state index < -0.39 is 17.8 Å². The smallest absolute Gasteiger partial charge is 0.412 e. The van der Waals surface area contributed by atoms with E-state index in [9.17, 15) is 9.59 Å². The largest absolute Gasteiger partial charge is 0.444 e. The third kappa shape index (κ3) is 4.92. The van der Waals surface area contributed by atoms with Crippen molar-refractivity contribution in [3.8, 4) is 18.1 Å². The number of amides is 2. The Morgan fingerprint density at radius 1 is 1.38 bits per heavy atom. The minimum absolute atomic E-state index is 0.153. The number of carbonyl (C=O) groups excluding carboxylic acids is 2. The lowest BCUT2D eigenvalue weighted by atomic mass is 10.1. The lowest BCUT2D eigenvalue weighted by Gasteiger charge is -2.31. The lowest BCUT2D eigenvalue weighted by molar-refractivity contribution is 0.0190. The molecule has 1 atom stereocenters. The van der Waals surface area contributed by atoms with Crippen molar-refractivity contribution in [2.24, 2.45) is 0 Å². The van der Waals surface area contributed by atoms with Crippen molar-refractivity contribution in [1.82, 2.24) is 10.2 Å². The minimum atomic E-state index is -0.603. The number of rotatable bonds is 4. The number of carbonyl (C=O) groups is 2. The Morgan fingerprint density at radius 3 is 2.73 bits per heavy atom. The maximum absolute atomic E-state index is 12.6. The summed E-state index contributed by atoms with van der Waals surface area (Å²) in [4.78, 5) is 25.8. The molecule has 0 aromatic heterocycles. The molecule has 1 aliphatic rings. The van der Waals surface area contributed by atoms with Gasteiger partial charge in [-0.05, 0) is 63.8 Å². The molecule has 0 aliphatic heterocycles. The van der Waals surface area contributed by atoms with E-state index in [0.717, 1.165) is 24.0 Å². The molecule has 2 amide bonds. The molecule has 1 aliphatic carbocycles. The highest BCUT2D eigenvalue weighted by Crippen LogP contribution is 2.38. The first-order valence-electron chi connectivity index (χ1n) is 8.76. The summed E-state index contributed by atoms with van der Waals surface area (Å²) >= 11 is 0. The van der Waals surface area contributed by atoms with E-state index in [1.54, 1.807) is 17.0 Å². The fourth-order valence-electron chi connectivity index (χ4n) is 2.95. The predicted molar refractivity (Wildman–Crippen MR) is 99.0 cm³/mol. The fraction of sp³-hybridized carbons (Fsp3) is 0.500. The molecule has 0 bridgehead atoms. The highest BCUT2D eigenvalue weighted by Gasteiger charge is 2.33. The van der Waals surface area contributed by atoms with Gasteiger partial charge in [-0.1, -0.05) is 12.0 Å². The molecule has 2 rings (SSSR count). The summed E-state index contributed by atoms with van der Waals surface area (Å²) < 4.78 is 10.8. The van der Waals surface area contributed by atoms with E-state index in [-0.39, 0.29) is 12.6 Å². The van der Waals surface area contributed by atoms with Crippen LogP contribution in [-0.2, 0) is 11.2 Å². The van der Waals surface area contributed by atoms with E-state index in [0.29, 0.717) is 12.3 Å². The van der Waals surface area contributed by atoms with Gasteiger partial charge in [0.05, 0.1) is 12.6 Å². The number of benzene rings is 1. The Kier molecular flexibility index (Phi) is 6.14. The minimum Gasteiger partial charge on any atom is -0.444 e.